The lowest BCUT2D eigenvalue weighted by Crippen LogP contribution is -2.30. The number of amides is 2. The number of thioether (sulfide) groups is 1. The third kappa shape index (κ3) is 7.55. The average molecular weight is 585 g/mol. The number of nitrogens with zero attached hydrogens (tertiary/aromatic N) is 2. The quantitative estimate of drug-likeness (QED) is 0.140. The number of hydrogen-bond donors (Lipinski definition) is 2. The summed E-state index contributed by atoms with van der Waals surface area (Å²) in [6, 6.07) is 19.5. The first-order valence-electron chi connectivity index (χ1n) is 13.0. The second-order valence-electron chi connectivity index (χ2n) is 9.01. The van der Waals surface area contributed by atoms with Crippen LogP contribution in [-0.4, -0.2) is 42.1 Å². The molecular formula is C30H31F3N4O3S. The van der Waals surface area contributed by atoms with Gasteiger partial charge < -0.3 is 24.7 Å². The van der Waals surface area contributed by atoms with Crippen LogP contribution in [0, 0.1) is 0 Å². The number of carbonyl (C=O) groups is 1. The molecule has 0 saturated heterocycles. The molecule has 0 saturated carbocycles. The van der Waals surface area contributed by atoms with Crippen molar-refractivity contribution in [3.8, 4) is 34.0 Å². The topological polar surface area (TPSA) is 77.4 Å². The largest absolute Gasteiger partial charge is 0.497 e. The smallest absolute Gasteiger partial charge is 0.416 e. The molecular weight excluding hydrogens is 553 g/mol. The van der Waals surface area contributed by atoms with Gasteiger partial charge in [-0.25, -0.2) is 9.78 Å². The number of ether oxygens (including phenoxy) is 2. The van der Waals surface area contributed by atoms with E-state index < -0.39 is 17.8 Å². The van der Waals surface area contributed by atoms with Crippen LogP contribution in [0.4, 0.5) is 23.7 Å². The zero-order valence-corrected chi connectivity index (χ0v) is 23.7. The van der Waals surface area contributed by atoms with Crippen molar-refractivity contribution in [3.63, 3.8) is 0 Å². The fourth-order valence-corrected chi connectivity index (χ4v) is 5.10. The number of urea groups is 1. The van der Waals surface area contributed by atoms with Gasteiger partial charge in [-0.3, -0.25) is 0 Å². The molecule has 0 unspecified atom stereocenters. The van der Waals surface area contributed by atoms with Gasteiger partial charge in [-0.1, -0.05) is 24.8 Å². The molecule has 4 rings (SSSR count). The molecule has 0 spiro atoms. The lowest BCUT2D eigenvalue weighted by atomic mass is 10.0. The fourth-order valence-electron chi connectivity index (χ4n) is 4.22. The number of nitrogens with one attached hydrogen (secondary N) is 2. The SMILES string of the molecule is CCCn1c(SCCNC(=O)Nc2cccc(C(F)(F)F)c2)nc(-c2ccc(OC)cc2)c1-c1ccc(OC)cc1. The van der Waals surface area contributed by atoms with Crippen molar-refractivity contribution >= 4 is 23.5 Å². The fraction of sp³-hybridized carbons (Fsp3) is 0.267. The number of hydrogen-bond acceptors (Lipinski definition) is 5. The number of anilines is 1. The predicted octanol–water partition coefficient (Wildman–Crippen LogP) is 7.58. The summed E-state index contributed by atoms with van der Waals surface area (Å²) in [6.45, 7) is 3.11. The van der Waals surface area contributed by atoms with Crippen molar-refractivity contribution in [1.82, 2.24) is 14.9 Å². The molecule has 0 bridgehead atoms. The number of carbonyl (C=O) groups excluding carboxylic acids is 1. The van der Waals surface area contributed by atoms with Gasteiger partial charge in [0.1, 0.15) is 11.5 Å². The van der Waals surface area contributed by atoms with Crippen molar-refractivity contribution in [1.29, 1.82) is 0 Å². The van der Waals surface area contributed by atoms with Gasteiger partial charge >= 0.3 is 12.2 Å². The van der Waals surface area contributed by atoms with Gasteiger partial charge in [0.25, 0.3) is 0 Å². The van der Waals surface area contributed by atoms with Crippen molar-refractivity contribution in [2.45, 2.75) is 31.2 Å². The van der Waals surface area contributed by atoms with Crippen LogP contribution < -0.4 is 20.1 Å². The Balaban J connectivity index is 1.52. The van der Waals surface area contributed by atoms with Gasteiger partial charge in [-0.05, 0) is 73.2 Å². The van der Waals surface area contributed by atoms with Crippen LogP contribution in [0.5, 0.6) is 11.5 Å². The van der Waals surface area contributed by atoms with E-state index in [9.17, 15) is 18.0 Å². The molecule has 0 aliphatic carbocycles. The van der Waals surface area contributed by atoms with E-state index in [1.165, 1.54) is 23.9 Å². The van der Waals surface area contributed by atoms with Crippen molar-refractivity contribution in [2.24, 2.45) is 0 Å². The van der Waals surface area contributed by atoms with Gasteiger partial charge in [0.15, 0.2) is 5.16 Å². The number of rotatable bonds is 11. The Morgan fingerprint density at radius 2 is 1.59 bits per heavy atom. The summed E-state index contributed by atoms with van der Waals surface area (Å²) in [5, 5.41) is 5.96. The molecule has 7 nitrogen and oxygen atoms in total. The molecule has 4 aromatic rings. The van der Waals surface area contributed by atoms with Gasteiger partial charge in [-0.2, -0.15) is 13.2 Å². The van der Waals surface area contributed by atoms with Crippen molar-refractivity contribution in [2.75, 3.05) is 31.8 Å². The first kappa shape index (κ1) is 29.9. The Hall–Kier alpha value is -4.12. The van der Waals surface area contributed by atoms with E-state index >= 15 is 0 Å². The lowest BCUT2D eigenvalue weighted by Gasteiger charge is -2.13. The first-order chi connectivity index (χ1) is 19.7. The second kappa shape index (κ2) is 13.5. The van der Waals surface area contributed by atoms with E-state index in [0.717, 1.165) is 64.3 Å². The molecule has 0 aliphatic heterocycles. The van der Waals surface area contributed by atoms with Crippen LogP contribution >= 0.6 is 11.8 Å². The number of benzene rings is 3. The molecule has 216 valence electrons. The van der Waals surface area contributed by atoms with Gasteiger partial charge in [0, 0.05) is 35.7 Å². The van der Waals surface area contributed by atoms with Crippen LogP contribution in [0.1, 0.15) is 18.9 Å². The highest BCUT2D eigenvalue weighted by molar-refractivity contribution is 7.99. The first-order valence-corrected chi connectivity index (χ1v) is 14.0. The minimum Gasteiger partial charge on any atom is -0.497 e. The van der Waals surface area contributed by atoms with E-state index in [1.54, 1.807) is 14.2 Å². The minimum absolute atomic E-state index is 0.0664. The van der Waals surface area contributed by atoms with Crippen LogP contribution in [0.2, 0.25) is 0 Å². The number of aromatic nitrogens is 2. The highest BCUT2D eigenvalue weighted by Crippen LogP contribution is 2.37. The third-order valence-corrected chi connectivity index (χ3v) is 7.15. The molecule has 0 atom stereocenters. The number of halogens is 3. The van der Waals surface area contributed by atoms with E-state index in [0.29, 0.717) is 5.75 Å². The maximum Gasteiger partial charge on any atom is 0.416 e. The zero-order valence-electron chi connectivity index (χ0n) is 22.9. The Morgan fingerprint density at radius 1 is 0.951 bits per heavy atom. The van der Waals surface area contributed by atoms with E-state index in [2.05, 4.69) is 22.1 Å². The average Bonchev–Trinajstić information content (AvgIpc) is 3.33. The highest BCUT2D eigenvalue weighted by atomic mass is 32.2. The van der Waals surface area contributed by atoms with Crippen LogP contribution in [0.3, 0.4) is 0 Å². The van der Waals surface area contributed by atoms with Gasteiger partial charge in [-0.15, -0.1) is 0 Å². The Labute approximate surface area is 241 Å². The summed E-state index contributed by atoms with van der Waals surface area (Å²) < 4.78 is 51.7. The highest BCUT2D eigenvalue weighted by Gasteiger charge is 2.30. The molecule has 1 heterocycles. The van der Waals surface area contributed by atoms with Gasteiger partial charge in [0.2, 0.25) is 0 Å². The maximum atomic E-state index is 13.0. The van der Waals surface area contributed by atoms with Crippen LogP contribution in [0.15, 0.2) is 78.0 Å². The molecule has 2 N–H and O–H groups in total. The summed E-state index contributed by atoms with van der Waals surface area (Å²) in [7, 11) is 3.25. The zero-order chi connectivity index (χ0) is 29.4. The molecule has 0 aliphatic rings. The summed E-state index contributed by atoms with van der Waals surface area (Å²) in [5.41, 5.74) is 2.96. The summed E-state index contributed by atoms with van der Waals surface area (Å²) in [5.74, 6) is 2.00. The van der Waals surface area contributed by atoms with E-state index in [1.807, 2.05) is 48.5 Å². The maximum absolute atomic E-state index is 13.0. The summed E-state index contributed by atoms with van der Waals surface area (Å²) in [6.07, 6.45) is -3.60. The number of methoxy groups -OCH3 is 2. The molecule has 0 fully saturated rings. The standard InChI is InChI=1S/C30H31F3N4O3S/c1-4-17-37-27(21-10-14-25(40-3)15-11-21)26(20-8-12-24(39-2)13-9-20)36-29(37)41-18-16-34-28(38)35-23-7-5-6-22(19-23)30(31,32)33/h5-15,19H,4,16-18H2,1-3H3,(H2,34,35,38). The Morgan fingerprint density at radius 3 is 2.17 bits per heavy atom. The van der Waals surface area contributed by atoms with E-state index in [-0.39, 0.29) is 12.2 Å². The second-order valence-corrected chi connectivity index (χ2v) is 10.1. The van der Waals surface area contributed by atoms with E-state index in [4.69, 9.17) is 14.5 Å². The Kier molecular flexibility index (Phi) is 9.82. The molecule has 41 heavy (non-hydrogen) atoms. The lowest BCUT2D eigenvalue weighted by molar-refractivity contribution is -0.137. The Bertz CT molecular complexity index is 1460. The summed E-state index contributed by atoms with van der Waals surface area (Å²) in [4.78, 5) is 17.3. The molecule has 2 amide bonds. The van der Waals surface area contributed by atoms with Crippen molar-refractivity contribution < 1.29 is 27.4 Å². The molecule has 1 aromatic heterocycles. The molecule has 3 aromatic carbocycles. The summed E-state index contributed by atoms with van der Waals surface area (Å²) >= 11 is 1.49. The monoisotopic (exact) mass is 584 g/mol. The normalized spacial score (nSPS) is 11.3. The minimum atomic E-state index is -4.49. The third-order valence-electron chi connectivity index (χ3n) is 6.17. The number of imidazole rings is 1. The van der Waals surface area contributed by atoms with Crippen LogP contribution in [0.25, 0.3) is 22.5 Å². The molecule has 0 radical (unpaired) electrons. The molecule has 11 heteroatoms. The van der Waals surface area contributed by atoms with Crippen LogP contribution in [-0.2, 0) is 12.7 Å². The number of alkyl halides is 3. The predicted molar refractivity (Wildman–Crippen MR) is 156 cm³/mol. The van der Waals surface area contributed by atoms with Gasteiger partial charge in [0.05, 0.1) is 31.2 Å². The van der Waals surface area contributed by atoms with Crippen molar-refractivity contribution in [3.05, 3.63) is 78.4 Å².